The number of aromatic nitrogens is 1. The monoisotopic (exact) mass is 534 g/mol. The van der Waals surface area contributed by atoms with Crippen molar-refractivity contribution in [2.75, 3.05) is 23.2 Å². The highest BCUT2D eigenvalue weighted by molar-refractivity contribution is 9.10. The number of aryl methyl sites for hydroxylation is 2. The van der Waals surface area contributed by atoms with Gasteiger partial charge in [0.05, 0.1) is 12.6 Å². The second-order valence-electron chi connectivity index (χ2n) is 7.94. The number of rotatable bonds is 5. The van der Waals surface area contributed by atoms with Crippen LogP contribution in [-0.4, -0.2) is 29.5 Å². The summed E-state index contributed by atoms with van der Waals surface area (Å²) in [4.78, 5) is 38.5. The number of methoxy groups -OCH3 is 1. The maximum absolute atomic E-state index is 13.2. The van der Waals surface area contributed by atoms with Crippen LogP contribution < -0.4 is 20.8 Å². The highest BCUT2D eigenvalue weighted by atomic mass is 79.9. The zero-order valence-electron chi connectivity index (χ0n) is 19.3. The molecule has 0 spiro atoms. The largest absolute Gasteiger partial charge is 0.497 e. The molecular weight excluding hydrogens is 512 g/mol. The fourth-order valence-electron chi connectivity index (χ4n) is 3.50. The smallest absolute Gasteiger partial charge is 0.328 e. The molecular formula is C26H23BrN4O4. The van der Waals surface area contributed by atoms with Gasteiger partial charge in [0.1, 0.15) is 11.4 Å². The lowest BCUT2D eigenvalue weighted by Gasteiger charge is -2.13. The van der Waals surface area contributed by atoms with E-state index in [0.29, 0.717) is 28.0 Å². The lowest BCUT2D eigenvalue weighted by atomic mass is 10.1. The Bertz CT molecular complexity index is 1440. The summed E-state index contributed by atoms with van der Waals surface area (Å²) in [6.07, 6.45) is 0. The summed E-state index contributed by atoms with van der Waals surface area (Å²) in [7, 11) is 1.54. The van der Waals surface area contributed by atoms with E-state index in [2.05, 4.69) is 32.0 Å². The lowest BCUT2D eigenvalue weighted by Crippen LogP contribution is -2.36. The van der Waals surface area contributed by atoms with Gasteiger partial charge in [-0.2, -0.15) is 0 Å². The molecule has 4 aromatic rings. The molecule has 0 aliphatic carbocycles. The number of nitrogens with one attached hydrogen (secondary N) is 3. The summed E-state index contributed by atoms with van der Waals surface area (Å²) in [5.41, 5.74) is 6.48. The molecule has 3 aromatic carbocycles. The molecule has 0 bridgehead atoms. The van der Waals surface area contributed by atoms with Gasteiger partial charge in [0, 0.05) is 21.2 Å². The molecule has 0 radical (unpaired) electrons. The maximum Gasteiger partial charge on any atom is 0.328 e. The third-order valence-corrected chi connectivity index (χ3v) is 6.02. The lowest BCUT2D eigenvalue weighted by molar-refractivity contribution is -0.133. The molecule has 0 saturated carbocycles. The summed E-state index contributed by atoms with van der Waals surface area (Å²) in [5.74, 6) is -1.62. The van der Waals surface area contributed by atoms with Gasteiger partial charge in [-0.1, -0.05) is 22.0 Å². The van der Waals surface area contributed by atoms with Crippen LogP contribution in [0.25, 0.3) is 10.9 Å². The third kappa shape index (κ3) is 5.36. The van der Waals surface area contributed by atoms with E-state index in [4.69, 9.17) is 4.74 Å². The van der Waals surface area contributed by atoms with Crippen LogP contribution in [-0.2, 0) is 9.59 Å². The zero-order valence-corrected chi connectivity index (χ0v) is 20.9. The third-order valence-electron chi connectivity index (χ3n) is 5.53. The van der Waals surface area contributed by atoms with Gasteiger partial charge in [-0.3, -0.25) is 19.8 Å². The topological polar surface area (TPSA) is 101 Å². The van der Waals surface area contributed by atoms with Crippen molar-refractivity contribution >= 4 is 55.9 Å². The first-order valence-electron chi connectivity index (χ1n) is 10.7. The van der Waals surface area contributed by atoms with Gasteiger partial charge in [0.25, 0.3) is 5.91 Å². The van der Waals surface area contributed by atoms with Crippen LogP contribution >= 0.6 is 15.9 Å². The van der Waals surface area contributed by atoms with E-state index in [1.165, 1.54) is 11.8 Å². The summed E-state index contributed by atoms with van der Waals surface area (Å²) in [5, 5.41) is 6.10. The molecule has 0 aliphatic rings. The summed E-state index contributed by atoms with van der Waals surface area (Å²) in [6.45, 7) is 3.95. The molecule has 9 heteroatoms. The van der Waals surface area contributed by atoms with E-state index in [9.17, 15) is 14.4 Å². The Morgan fingerprint density at radius 2 is 1.51 bits per heavy atom. The average molecular weight is 535 g/mol. The molecule has 0 fully saturated rings. The first-order valence-corrected chi connectivity index (χ1v) is 11.5. The van der Waals surface area contributed by atoms with Gasteiger partial charge in [0.2, 0.25) is 0 Å². The number of nitrogens with zero attached hydrogens (tertiary/aromatic N) is 1. The van der Waals surface area contributed by atoms with Crippen LogP contribution in [0, 0.1) is 13.8 Å². The van der Waals surface area contributed by atoms with Crippen molar-refractivity contribution in [3.05, 3.63) is 88.0 Å². The molecule has 0 atom stereocenters. The molecule has 0 saturated heterocycles. The minimum absolute atomic E-state index is 0.168. The Morgan fingerprint density at radius 1 is 0.800 bits per heavy atom. The van der Waals surface area contributed by atoms with Crippen molar-refractivity contribution < 1.29 is 19.1 Å². The molecule has 3 amide bonds. The maximum atomic E-state index is 13.2. The second kappa shape index (κ2) is 10.0. The number of ether oxygens (including phenoxy) is 1. The number of fused-ring (bicyclic) bond motifs is 1. The summed E-state index contributed by atoms with van der Waals surface area (Å²) >= 11 is 3.42. The quantitative estimate of drug-likeness (QED) is 0.314. The fourth-order valence-corrected chi connectivity index (χ4v) is 3.88. The summed E-state index contributed by atoms with van der Waals surface area (Å²) in [6, 6.07) is 19.2. The van der Waals surface area contributed by atoms with Crippen LogP contribution in [0.15, 0.2) is 71.2 Å². The average Bonchev–Trinajstić information content (AvgIpc) is 3.19. The Balaban J connectivity index is 1.60. The predicted octanol–water partition coefficient (Wildman–Crippen LogP) is 4.99. The molecule has 1 heterocycles. The molecule has 3 N–H and O–H groups in total. The molecule has 0 aliphatic heterocycles. The van der Waals surface area contributed by atoms with Crippen LogP contribution in [0.5, 0.6) is 5.75 Å². The van der Waals surface area contributed by atoms with Crippen molar-refractivity contribution in [1.29, 1.82) is 0 Å². The Kier molecular flexibility index (Phi) is 6.88. The highest BCUT2D eigenvalue weighted by Crippen LogP contribution is 2.24. The van der Waals surface area contributed by atoms with E-state index in [0.717, 1.165) is 15.6 Å². The van der Waals surface area contributed by atoms with Crippen LogP contribution in [0.4, 0.5) is 11.4 Å². The first kappa shape index (κ1) is 24.0. The number of carbonyl (C=O) groups excluding carboxylic acids is 3. The molecule has 8 nitrogen and oxygen atoms in total. The predicted molar refractivity (Wildman–Crippen MR) is 139 cm³/mol. The van der Waals surface area contributed by atoms with E-state index in [1.807, 2.05) is 38.1 Å². The number of benzene rings is 3. The van der Waals surface area contributed by atoms with Crippen LogP contribution in [0.2, 0.25) is 0 Å². The molecule has 0 unspecified atom stereocenters. The van der Waals surface area contributed by atoms with E-state index in [-0.39, 0.29) is 5.69 Å². The van der Waals surface area contributed by atoms with Gasteiger partial charge < -0.3 is 15.4 Å². The SMILES string of the molecule is COc1ccc(NC(=O)C(=O)Nn2c(C(=O)Nc3ccc(C)c(C)c3)cc3cc(Br)ccc32)cc1. The van der Waals surface area contributed by atoms with Crippen molar-refractivity contribution in [3.63, 3.8) is 0 Å². The van der Waals surface area contributed by atoms with Crippen molar-refractivity contribution in [2.24, 2.45) is 0 Å². The minimum atomic E-state index is -0.929. The Hall–Kier alpha value is -4.11. The van der Waals surface area contributed by atoms with Crippen molar-refractivity contribution in [2.45, 2.75) is 13.8 Å². The molecule has 1 aromatic heterocycles. The minimum Gasteiger partial charge on any atom is -0.497 e. The standard InChI is InChI=1S/C26H23BrN4O4/c1-15-4-6-20(12-16(15)2)29-24(32)23-14-17-13-18(27)5-11-22(17)31(23)30-26(34)25(33)28-19-7-9-21(35-3)10-8-19/h4-14H,1-3H3,(H,28,33)(H,29,32)(H,30,34). The highest BCUT2D eigenvalue weighted by Gasteiger charge is 2.21. The Labute approximate surface area is 210 Å². The number of hydrogen-bond acceptors (Lipinski definition) is 4. The van der Waals surface area contributed by atoms with Gasteiger partial charge in [-0.25, -0.2) is 4.68 Å². The molecule has 4 rings (SSSR count). The number of amides is 3. The van der Waals surface area contributed by atoms with Gasteiger partial charge in [0.15, 0.2) is 0 Å². The van der Waals surface area contributed by atoms with Crippen molar-refractivity contribution in [3.8, 4) is 5.75 Å². The van der Waals surface area contributed by atoms with Gasteiger partial charge in [-0.05, 0) is 85.6 Å². The fraction of sp³-hybridized carbons (Fsp3) is 0.115. The Morgan fingerprint density at radius 3 is 2.20 bits per heavy atom. The van der Waals surface area contributed by atoms with Crippen molar-refractivity contribution in [1.82, 2.24) is 4.68 Å². The number of halogens is 1. The van der Waals surface area contributed by atoms with Gasteiger partial charge >= 0.3 is 11.8 Å². The molecule has 35 heavy (non-hydrogen) atoms. The van der Waals surface area contributed by atoms with Crippen LogP contribution in [0.1, 0.15) is 21.6 Å². The van der Waals surface area contributed by atoms with E-state index < -0.39 is 17.7 Å². The number of carbonyl (C=O) groups is 3. The summed E-state index contributed by atoms with van der Waals surface area (Å²) < 4.78 is 7.22. The molecule has 178 valence electrons. The normalized spacial score (nSPS) is 10.6. The van der Waals surface area contributed by atoms with Gasteiger partial charge in [-0.15, -0.1) is 0 Å². The zero-order chi connectivity index (χ0) is 25.1. The van der Waals surface area contributed by atoms with Crippen LogP contribution in [0.3, 0.4) is 0 Å². The first-order chi connectivity index (χ1) is 16.7. The number of hydrogen-bond donors (Lipinski definition) is 3. The van der Waals surface area contributed by atoms with E-state index >= 15 is 0 Å². The van der Waals surface area contributed by atoms with E-state index in [1.54, 1.807) is 42.5 Å². The second-order valence-corrected chi connectivity index (χ2v) is 8.86. The number of anilines is 2.